The van der Waals surface area contributed by atoms with Crippen molar-refractivity contribution in [3.8, 4) is 0 Å². The van der Waals surface area contributed by atoms with Crippen LogP contribution in [-0.2, 0) is 17.1 Å². The Morgan fingerprint density at radius 1 is 1.37 bits per heavy atom. The zero-order valence-electron chi connectivity index (χ0n) is 10.9. The minimum atomic E-state index is -3.68. The van der Waals surface area contributed by atoms with Crippen LogP contribution in [0.2, 0.25) is 0 Å². The lowest BCUT2D eigenvalue weighted by molar-refractivity contribution is 0.599. The Hall–Kier alpha value is -1.96. The number of sulfonamides is 1. The minimum absolute atomic E-state index is 0.0871. The van der Waals surface area contributed by atoms with Gasteiger partial charge in [0.1, 0.15) is 4.90 Å². The van der Waals surface area contributed by atoms with E-state index in [0.29, 0.717) is 5.82 Å². The second-order valence-corrected chi connectivity index (χ2v) is 6.05. The van der Waals surface area contributed by atoms with E-state index >= 15 is 0 Å². The average molecular weight is 281 g/mol. The summed E-state index contributed by atoms with van der Waals surface area (Å²) in [5, 5.41) is 4.15. The molecule has 2 aromatic heterocycles. The molecule has 0 amide bonds. The monoisotopic (exact) mass is 281 g/mol. The number of nitrogens with zero attached hydrogens (tertiary/aromatic N) is 4. The number of pyridine rings is 1. The summed E-state index contributed by atoms with van der Waals surface area (Å²) in [6, 6.07) is 3.03. The average Bonchev–Trinajstić information content (AvgIpc) is 2.72. The molecule has 2 aromatic rings. The van der Waals surface area contributed by atoms with Gasteiger partial charge < -0.3 is 0 Å². The maximum Gasteiger partial charge on any atom is 0.265 e. The lowest BCUT2D eigenvalue weighted by atomic mass is 10.2. The van der Waals surface area contributed by atoms with Crippen LogP contribution in [0.4, 0.5) is 5.95 Å². The summed E-state index contributed by atoms with van der Waals surface area (Å²) in [6.45, 7) is 3.88. The molecule has 0 aliphatic carbocycles. The van der Waals surface area contributed by atoms with E-state index in [1.807, 2.05) is 13.8 Å². The molecule has 0 aliphatic rings. The number of hydrogen-bond donors (Lipinski definition) is 1. The van der Waals surface area contributed by atoms with Crippen LogP contribution in [0.5, 0.6) is 0 Å². The van der Waals surface area contributed by atoms with E-state index in [1.54, 1.807) is 13.1 Å². The fourth-order valence-electron chi connectivity index (χ4n) is 1.42. The summed E-state index contributed by atoms with van der Waals surface area (Å²) in [5.74, 6) is 0.904. The van der Waals surface area contributed by atoms with E-state index in [0.717, 1.165) is 0 Å². The van der Waals surface area contributed by atoms with Crippen LogP contribution in [0.1, 0.15) is 25.6 Å². The molecule has 0 spiro atoms. The van der Waals surface area contributed by atoms with Gasteiger partial charge in [-0.25, -0.2) is 17.8 Å². The zero-order valence-corrected chi connectivity index (χ0v) is 11.7. The minimum Gasteiger partial charge on any atom is -0.263 e. The Morgan fingerprint density at radius 2 is 2.11 bits per heavy atom. The second-order valence-electron chi connectivity index (χ2n) is 4.37. The standard InChI is InChI=1S/C11H15N5O2S/c1-8(2)10-13-11(16(3)14-10)15-19(17,18)9-5-4-6-12-7-9/h4-8H,1-3H3,(H,13,14,15). The van der Waals surface area contributed by atoms with E-state index in [2.05, 4.69) is 19.8 Å². The molecule has 2 heterocycles. The first kappa shape index (κ1) is 13.5. The lowest BCUT2D eigenvalue weighted by Crippen LogP contribution is -2.16. The SMILES string of the molecule is CC(C)c1nc(NS(=O)(=O)c2cccnc2)n(C)n1. The number of hydrogen-bond acceptors (Lipinski definition) is 5. The molecule has 0 unspecified atom stereocenters. The molecule has 19 heavy (non-hydrogen) atoms. The third kappa shape index (κ3) is 2.90. The van der Waals surface area contributed by atoms with Gasteiger partial charge in [0.2, 0.25) is 5.95 Å². The highest BCUT2D eigenvalue weighted by atomic mass is 32.2. The summed E-state index contributed by atoms with van der Waals surface area (Å²) in [4.78, 5) is 8.03. The molecule has 102 valence electrons. The van der Waals surface area contributed by atoms with Gasteiger partial charge in [-0.05, 0) is 12.1 Å². The molecule has 0 fully saturated rings. The van der Waals surface area contributed by atoms with Crippen molar-refractivity contribution < 1.29 is 8.42 Å². The number of aryl methyl sites for hydroxylation is 1. The van der Waals surface area contributed by atoms with Gasteiger partial charge in [0, 0.05) is 25.4 Å². The van der Waals surface area contributed by atoms with Gasteiger partial charge in [-0.3, -0.25) is 4.98 Å². The normalized spacial score (nSPS) is 11.8. The molecule has 0 aromatic carbocycles. The predicted octanol–water partition coefficient (Wildman–Crippen LogP) is 1.13. The Morgan fingerprint density at radius 3 is 2.63 bits per heavy atom. The number of rotatable bonds is 4. The smallest absolute Gasteiger partial charge is 0.263 e. The molecule has 2 rings (SSSR count). The van der Waals surface area contributed by atoms with E-state index in [4.69, 9.17) is 0 Å². The van der Waals surface area contributed by atoms with Crippen molar-refractivity contribution in [3.05, 3.63) is 30.4 Å². The van der Waals surface area contributed by atoms with Gasteiger partial charge in [-0.2, -0.15) is 10.1 Å². The molecule has 0 saturated carbocycles. The van der Waals surface area contributed by atoms with Crippen molar-refractivity contribution in [2.45, 2.75) is 24.7 Å². The molecule has 0 aliphatic heterocycles. The topological polar surface area (TPSA) is 89.8 Å². The van der Waals surface area contributed by atoms with Crippen LogP contribution in [0.3, 0.4) is 0 Å². The van der Waals surface area contributed by atoms with Gasteiger partial charge in [0.15, 0.2) is 5.82 Å². The Balaban J connectivity index is 2.31. The van der Waals surface area contributed by atoms with E-state index in [1.165, 1.54) is 23.1 Å². The van der Waals surface area contributed by atoms with Crippen molar-refractivity contribution in [1.29, 1.82) is 0 Å². The van der Waals surface area contributed by atoms with Crippen LogP contribution in [0.25, 0.3) is 0 Å². The van der Waals surface area contributed by atoms with Crippen LogP contribution in [-0.4, -0.2) is 28.2 Å². The maximum atomic E-state index is 12.1. The first-order valence-electron chi connectivity index (χ1n) is 5.74. The molecular weight excluding hydrogens is 266 g/mol. The zero-order chi connectivity index (χ0) is 14.0. The van der Waals surface area contributed by atoms with Crippen LogP contribution < -0.4 is 4.72 Å². The van der Waals surface area contributed by atoms with E-state index < -0.39 is 10.0 Å². The molecule has 0 bridgehead atoms. The van der Waals surface area contributed by atoms with E-state index in [9.17, 15) is 8.42 Å². The number of anilines is 1. The highest BCUT2D eigenvalue weighted by molar-refractivity contribution is 7.92. The van der Waals surface area contributed by atoms with Gasteiger partial charge in [0.25, 0.3) is 10.0 Å². The number of aromatic nitrogens is 4. The summed E-state index contributed by atoms with van der Waals surface area (Å²) in [6.07, 6.45) is 2.79. The molecule has 7 nitrogen and oxygen atoms in total. The van der Waals surface area contributed by atoms with Gasteiger partial charge in [-0.1, -0.05) is 13.8 Å². The summed E-state index contributed by atoms with van der Waals surface area (Å²) in [5.41, 5.74) is 0. The Bertz CT molecular complexity index is 664. The first-order chi connectivity index (χ1) is 8.90. The van der Waals surface area contributed by atoms with E-state index in [-0.39, 0.29) is 16.8 Å². The third-order valence-corrected chi connectivity index (χ3v) is 3.78. The predicted molar refractivity (Wildman–Crippen MR) is 70.1 cm³/mol. The molecule has 0 radical (unpaired) electrons. The fourth-order valence-corrected chi connectivity index (χ4v) is 2.42. The van der Waals surface area contributed by atoms with Crippen molar-refractivity contribution >= 4 is 16.0 Å². The Kier molecular flexibility index (Phi) is 3.52. The summed E-state index contributed by atoms with van der Waals surface area (Å²) < 4.78 is 28.0. The maximum absolute atomic E-state index is 12.1. The molecule has 8 heteroatoms. The third-order valence-electron chi connectivity index (χ3n) is 2.47. The molecular formula is C11H15N5O2S. The largest absolute Gasteiger partial charge is 0.265 e. The second kappa shape index (κ2) is 4.96. The number of nitrogens with one attached hydrogen (secondary N) is 1. The van der Waals surface area contributed by atoms with Crippen molar-refractivity contribution in [1.82, 2.24) is 19.7 Å². The fraction of sp³-hybridized carbons (Fsp3) is 0.364. The van der Waals surface area contributed by atoms with Crippen molar-refractivity contribution in [3.63, 3.8) is 0 Å². The van der Waals surface area contributed by atoms with Crippen molar-refractivity contribution in [2.75, 3.05) is 4.72 Å². The van der Waals surface area contributed by atoms with Gasteiger partial charge in [0.05, 0.1) is 0 Å². The summed E-state index contributed by atoms with van der Waals surface area (Å²) in [7, 11) is -2.05. The quantitative estimate of drug-likeness (QED) is 0.907. The highest BCUT2D eigenvalue weighted by Gasteiger charge is 2.18. The van der Waals surface area contributed by atoms with Crippen LogP contribution >= 0.6 is 0 Å². The van der Waals surface area contributed by atoms with Gasteiger partial charge in [-0.15, -0.1) is 0 Å². The Labute approximate surface area is 111 Å². The van der Waals surface area contributed by atoms with Gasteiger partial charge >= 0.3 is 0 Å². The summed E-state index contributed by atoms with van der Waals surface area (Å²) >= 11 is 0. The molecule has 1 N–H and O–H groups in total. The highest BCUT2D eigenvalue weighted by Crippen LogP contribution is 2.16. The molecule has 0 saturated heterocycles. The van der Waals surface area contributed by atoms with Crippen molar-refractivity contribution in [2.24, 2.45) is 7.05 Å². The molecule has 0 atom stereocenters. The van der Waals surface area contributed by atoms with Crippen LogP contribution in [0.15, 0.2) is 29.4 Å². The first-order valence-corrected chi connectivity index (χ1v) is 7.22. The van der Waals surface area contributed by atoms with Crippen LogP contribution in [0, 0.1) is 0 Å². The lowest BCUT2D eigenvalue weighted by Gasteiger charge is -2.05.